The number of hydrogen-bond acceptors (Lipinski definition) is 5. The minimum Gasteiger partial charge on any atom is -0.387 e. The molecule has 190 valence electrons. The lowest BCUT2D eigenvalue weighted by Crippen LogP contribution is -2.47. The molecule has 1 saturated heterocycles. The molecule has 1 fully saturated rings. The SMILES string of the molecule is CCCN(CCC)C(=O)C1=Cc2ccc(C(=O)NC3CCCN(c4ccccc4)C3)cc2N=C(N)C1. The van der Waals surface area contributed by atoms with E-state index in [-0.39, 0.29) is 17.9 Å². The molecule has 2 amide bonds. The van der Waals surface area contributed by atoms with Crippen LogP contribution in [0.5, 0.6) is 0 Å². The van der Waals surface area contributed by atoms with Crippen LogP contribution in [0.3, 0.4) is 0 Å². The highest BCUT2D eigenvalue weighted by molar-refractivity contribution is 6.06. The fraction of sp³-hybridized carbons (Fsp3) is 0.414. The molecule has 2 aliphatic rings. The van der Waals surface area contributed by atoms with E-state index >= 15 is 0 Å². The second-order valence-corrected chi connectivity index (χ2v) is 9.61. The molecule has 0 saturated carbocycles. The number of aliphatic imine (C=N–C) groups is 1. The van der Waals surface area contributed by atoms with E-state index < -0.39 is 0 Å². The molecule has 0 aliphatic carbocycles. The maximum absolute atomic E-state index is 13.2. The Morgan fingerprint density at radius 3 is 2.58 bits per heavy atom. The maximum atomic E-state index is 13.2. The molecule has 2 aromatic rings. The fourth-order valence-electron chi connectivity index (χ4n) is 4.96. The summed E-state index contributed by atoms with van der Waals surface area (Å²) in [7, 11) is 0. The molecule has 1 atom stereocenters. The molecule has 2 aliphatic heterocycles. The smallest absolute Gasteiger partial charge is 0.251 e. The van der Waals surface area contributed by atoms with Crippen molar-refractivity contribution in [3.8, 4) is 0 Å². The standard InChI is InChI=1S/C29H37N5O2/c1-3-14-33(15-4-2)29(36)23-17-21-12-13-22(18-26(21)32-27(30)19-23)28(35)31-24-9-8-16-34(20-24)25-10-6-5-7-11-25/h5-7,10-13,17-18,24H,3-4,8-9,14-16,19-20H2,1-2H3,(H2,30,32)(H,31,35). The number of piperidine rings is 1. The van der Waals surface area contributed by atoms with Gasteiger partial charge in [0.25, 0.3) is 5.91 Å². The van der Waals surface area contributed by atoms with Crippen molar-refractivity contribution in [2.24, 2.45) is 10.7 Å². The summed E-state index contributed by atoms with van der Waals surface area (Å²) >= 11 is 0. The fourth-order valence-corrected chi connectivity index (χ4v) is 4.96. The molecule has 2 heterocycles. The first-order chi connectivity index (χ1) is 17.5. The normalized spacial score (nSPS) is 17.4. The van der Waals surface area contributed by atoms with E-state index in [4.69, 9.17) is 5.73 Å². The first-order valence-electron chi connectivity index (χ1n) is 13.1. The zero-order valence-electron chi connectivity index (χ0n) is 21.4. The van der Waals surface area contributed by atoms with E-state index in [9.17, 15) is 9.59 Å². The number of hydrogen-bond donors (Lipinski definition) is 2. The Kier molecular flexibility index (Phi) is 8.41. The van der Waals surface area contributed by atoms with Crippen LogP contribution < -0.4 is 16.0 Å². The topological polar surface area (TPSA) is 91.0 Å². The molecule has 36 heavy (non-hydrogen) atoms. The second-order valence-electron chi connectivity index (χ2n) is 9.61. The van der Waals surface area contributed by atoms with Crippen LogP contribution in [0, 0.1) is 0 Å². The van der Waals surface area contributed by atoms with Gasteiger partial charge in [0.1, 0.15) is 5.84 Å². The van der Waals surface area contributed by atoms with Crippen LogP contribution in [0.1, 0.15) is 61.9 Å². The van der Waals surface area contributed by atoms with Gasteiger partial charge in [-0.1, -0.05) is 38.1 Å². The first kappa shape index (κ1) is 25.5. The Bertz CT molecular complexity index is 1140. The zero-order chi connectivity index (χ0) is 25.5. The van der Waals surface area contributed by atoms with Crippen LogP contribution in [0.15, 0.2) is 59.1 Å². The van der Waals surface area contributed by atoms with Gasteiger partial charge in [-0.3, -0.25) is 9.59 Å². The van der Waals surface area contributed by atoms with Gasteiger partial charge in [0, 0.05) is 61.0 Å². The highest BCUT2D eigenvalue weighted by atomic mass is 16.2. The Hall–Kier alpha value is -3.61. The molecule has 2 aromatic carbocycles. The number of carbonyl (C=O) groups excluding carboxylic acids is 2. The minimum atomic E-state index is -0.118. The number of para-hydroxylation sites is 1. The molecule has 0 radical (unpaired) electrons. The Morgan fingerprint density at radius 1 is 1.11 bits per heavy atom. The van der Waals surface area contributed by atoms with Gasteiger partial charge in [0.05, 0.1) is 5.69 Å². The summed E-state index contributed by atoms with van der Waals surface area (Å²) in [6.07, 6.45) is 5.96. The number of amides is 2. The number of nitrogens with one attached hydrogen (secondary N) is 1. The Morgan fingerprint density at radius 2 is 1.86 bits per heavy atom. The summed E-state index contributed by atoms with van der Waals surface area (Å²) in [6, 6.07) is 15.8. The third-order valence-corrected chi connectivity index (χ3v) is 6.68. The van der Waals surface area contributed by atoms with Crippen molar-refractivity contribution in [3.05, 3.63) is 65.2 Å². The van der Waals surface area contributed by atoms with Gasteiger partial charge >= 0.3 is 0 Å². The van der Waals surface area contributed by atoms with E-state index in [1.165, 1.54) is 5.69 Å². The number of benzene rings is 2. The largest absolute Gasteiger partial charge is 0.387 e. The predicted octanol–water partition coefficient (Wildman–Crippen LogP) is 4.51. The number of nitrogens with zero attached hydrogens (tertiary/aromatic N) is 3. The summed E-state index contributed by atoms with van der Waals surface area (Å²) in [6.45, 7) is 7.35. The molecule has 7 nitrogen and oxygen atoms in total. The summed E-state index contributed by atoms with van der Waals surface area (Å²) in [5.41, 5.74) is 9.99. The van der Waals surface area contributed by atoms with Crippen LogP contribution in [0.25, 0.3) is 6.08 Å². The Labute approximate surface area is 214 Å². The molecular weight excluding hydrogens is 450 g/mol. The van der Waals surface area contributed by atoms with Crippen molar-refractivity contribution >= 4 is 35.1 Å². The zero-order valence-corrected chi connectivity index (χ0v) is 21.4. The summed E-state index contributed by atoms with van der Waals surface area (Å²) < 4.78 is 0. The number of amidine groups is 1. The number of fused-ring (bicyclic) bond motifs is 1. The molecule has 3 N–H and O–H groups in total. The van der Waals surface area contributed by atoms with Crippen LogP contribution in [0.2, 0.25) is 0 Å². The van der Waals surface area contributed by atoms with Gasteiger partial charge < -0.3 is 20.9 Å². The molecule has 1 unspecified atom stereocenters. The molecule has 0 aromatic heterocycles. The van der Waals surface area contributed by atoms with Gasteiger partial charge in [-0.15, -0.1) is 0 Å². The number of carbonyl (C=O) groups is 2. The van der Waals surface area contributed by atoms with Crippen molar-refractivity contribution in [3.63, 3.8) is 0 Å². The van der Waals surface area contributed by atoms with Gasteiger partial charge in [-0.2, -0.15) is 0 Å². The number of rotatable bonds is 8. The number of anilines is 1. The van der Waals surface area contributed by atoms with Crippen LogP contribution in [-0.4, -0.2) is 54.8 Å². The second kappa shape index (κ2) is 11.9. The van der Waals surface area contributed by atoms with Gasteiger partial charge in [0.2, 0.25) is 5.91 Å². The van der Waals surface area contributed by atoms with Crippen LogP contribution in [0.4, 0.5) is 11.4 Å². The van der Waals surface area contributed by atoms with Crippen molar-refractivity contribution in [1.82, 2.24) is 10.2 Å². The predicted molar refractivity (Wildman–Crippen MR) is 147 cm³/mol. The van der Waals surface area contributed by atoms with E-state index in [0.29, 0.717) is 29.1 Å². The lowest BCUT2D eigenvalue weighted by molar-refractivity contribution is -0.127. The minimum absolute atomic E-state index is 0.00629. The quantitative estimate of drug-likeness (QED) is 0.573. The summed E-state index contributed by atoms with van der Waals surface area (Å²) in [5.74, 6) is 0.268. The monoisotopic (exact) mass is 487 g/mol. The first-order valence-corrected chi connectivity index (χ1v) is 13.1. The van der Waals surface area contributed by atoms with Gasteiger partial charge in [-0.05, 0) is 56.0 Å². The number of nitrogens with two attached hydrogens (primary N) is 1. The van der Waals surface area contributed by atoms with Crippen LogP contribution >= 0.6 is 0 Å². The third kappa shape index (κ3) is 6.14. The van der Waals surface area contributed by atoms with Crippen molar-refractivity contribution in [1.29, 1.82) is 0 Å². The van der Waals surface area contributed by atoms with E-state index in [1.54, 1.807) is 12.1 Å². The highest BCUT2D eigenvalue weighted by Gasteiger charge is 2.24. The van der Waals surface area contributed by atoms with Crippen molar-refractivity contribution < 1.29 is 9.59 Å². The van der Waals surface area contributed by atoms with Gasteiger partial charge in [0.15, 0.2) is 0 Å². The van der Waals surface area contributed by atoms with E-state index in [2.05, 4.69) is 41.2 Å². The highest BCUT2D eigenvalue weighted by Crippen LogP contribution is 2.29. The molecular formula is C29H37N5O2. The van der Waals surface area contributed by atoms with Crippen molar-refractivity contribution in [2.75, 3.05) is 31.1 Å². The van der Waals surface area contributed by atoms with Gasteiger partial charge in [-0.25, -0.2) is 4.99 Å². The average Bonchev–Trinajstić information content (AvgIpc) is 3.06. The van der Waals surface area contributed by atoms with Crippen molar-refractivity contribution in [2.45, 2.75) is 52.0 Å². The molecule has 7 heteroatoms. The maximum Gasteiger partial charge on any atom is 0.251 e. The third-order valence-electron chi connectivity index (χ3n) is 6.68. The molecule has 0 bridgehead atoms. The lowest BCUT2D eigenvalue weighted by atomic mass is 10.0. The van der Waals surface area contributed by atoms with Crippen LogP contribution in [-0.2, 0) is 4.79 Å². The summed E-state index contributed by atoms with van der Waals surface area (Å²) in [5, 5.41) is 3.20. The van der Waals surface area contributed by atoms with E-state index in [0.717, 1.165) is 57.4 Å². The summed E-state index contributed by atoms with van der Waals surface area (Å²) in [4.78, 5) is 35.1. The molecule has 0 spiro atoms. The van der Waals surface area contributed by atoms with E-state index in [1.807, 2.05) is 35.2 Å². The molecule has 4 rings (SSSR count). The Balaban J connectivity index is 1.49. The lowest BCUT2D eigenvalue weighted by Gasteiger charge is -2.34. The average molecular weight is 488 g/mol.